The van der Waals surface area contributed by atoms with Crippen LogP contribution in [0.5, 0.6) is 5.75 Å². The number of fused-ring (bicyclic) bond motifs is 2. The highest BCUT2D eigenvalue weighted by molar-refractivity contribution is 5.91. The summed E-state index contributed by atoms with van der Waals surface area (Å²) in [6, 6.07) is 12.0. The molecule has 0 radical (unpaired) electrons. The van der Waals surface area contributed by atoms with Gasteiger partial charge in [0.05, 0.1) is 7.11 Å². The Morgan fingerprint density at radius 1 is 1.18 bits per heavy atom. The molecule has 176 valence electrons. The molecule has 1 fully saturated rings. The van der Waals surface area contributed by atoms with E-state index >= 15 is 0 Å². The molecule has 1 saturated heterocycles. The number of hydrogen-bond donors (Lipinski definition) is 2. The Balaban J connectivity index is 1.44. The van der Waals surface area contributed by atoms with Crippen molar-refractivity contribution in [3.05, 3.63) is 60.1 Å². The van der Waals surface area contributed by atoms with Crippen molar-refractivity contribution in [2.75, 3.05) is 20.2 Å². The van der Waals surface area contributed by atoms with Crippen LogP contribution in [0.1, 0.15) is 36.3 Å². The molecule has 9 heteroatoms. The second-order valence-electron chi connectivity index (χ2n) is 8.56. The third-order valence-corrected chi connectivity index (χ3v) is 6.51. The summed E-state index contributed by atoms with van der Waals surface area (Å²) in [5.74, 6) is -0.578. The van der Waals surface area contributed by atoms with Gasteiger partial charge in [-0.3, -0.25) is 14.5 Å². The van der Waals surface area contributed by atoms with Crippen molar-refractivity contribution >= 4 is 33.9 Å². The topological polar surface area (TPSA) is 118 Å². The largest absolute Gasteiger partial charge is 0.497 e. The molecule has 3 heterocycles. The number of oxazole rings is 1. The minimum Gasteiger partial charge on any atom is -0.497 e. The van der Waals surface area contributed by atoms with Crippen molar-refractivity contribution < 1.29 is 29.0 Å². The van der Waals surface area contributed by atoms with Crippen molar-refractivity contribution in [3.8, 4) is 5.75 Å². The number of hydrogen-bond acceptors (Lipinski definition) is 6. The van der Waals surface area contributed by atoms with Gasteiger partial charge in [-0.25, -0.2) is 4.98 Å². The highest BCUT2D eigenvalue weighted by atomic mass is 16.5. The summed E-state index contributed by atoms with van der Waals surface area (Å²) >= 11 is 0. The molecule has 1 atom stereocenters. The number of nitrogens with zero attached hydrogens (tertiary/aromatic N) is 3. The van der Waals surface area contributed by atoms with Gasteiger partial charge in [0.15, 0.2) is 11.5 Å². The molecular formula is C25H25N3O6. The van der Waals surface area contributed by atoms with Crippen LogP contribution in [0.15, 0.2) is 53.1 Å². The van der Waals surface area contributed by atoms with Crippen molar-refractivity contribution in [3.63, 3.8) is 0 Å². The van der Waals surface area contributed by atoms with Crippen LogP contribution in [-0.4, -0.2) is 56.8 Å². The summed E-state index contributed by atoms with van der Waals surface area (Å²) < 4.78 is 12.9. The number of aromatic nitrogens is 2. The van der Waals surface area contributed by atoms with E-state index in [1.54, 1.807) is 36.1 Å². The van der Waals surface area contributed by atoms with Crippen molar-refractivity contribution in [1.29, 1.82) is 0 Å². The number of methoxy groups -OCH3 is 1. The van der Waals surface area contributed by atoms with Crippen molar-refractivity contribution in [2.24, 2.45) is 0 Å². The number of benzene rings is 2. The lowest BCUT2D eigenvalue weighted by molar-refractivity contribution is -0.144. The molecule has 1 aliphatic heterocycles. The smallest absolute Gasteiger partial charge is 0.325 e. The third-order valence-electron chi connectivity index (χ3n) is 6.51. The fraction of sp³-hybridized carbons (Fsp3) is 0.320. The average molecular weight is 463 g/mol. The standard InChI is InChI=1S/C25H25N3O6/c1-33-16-6-7-20-17(12-16)18(13-28(20)14-22(29)30)23(25(31)32)27-10-8-15(9-11-27)24-26-19-4-2-3-5-21(19)34-24/h2-7,12-13,15,23H,8-11,14H2,1H3,(H,29,30)(H,31,32). The lowest BCUT2D eigenvalue weighted by Gasteiger charge is -2.34. The van der Waals surface area contributed by atoms with Crippen LogP contribution >= 0.6 is 0 Å². The number of carboxylic acids is 2. The summed E-state index contributed by atoms with van der Waals surface area (Å²) in [6.45, 7) is 0.848. The summed E-state index contributed by atoms with van der Waals surface area (Å²) in [5, 5.41) is 20.2. The third kappa shape index (κ3) is 3.99. The zero-order chi connectivity index (χ0) is 23.8. The monoisotopic (exact) mass is 463 g/mol. The number of carboxylic acid groups (broad SMARTS) is 2. The van der Waals surface area contributed by atoms with Gasteiger partial charge >= 0.3 is 11.9 Å². The summed E-state index contributed by atoms with van der Waals surface area (Å²) in [6.07, 6.45) is 3.07. The Hall–Kier alpha value is -3.85. The van der Waals surface area contributed by atoms with Gasteiger partial charge in [-0.05, 0) is 43.2 Å². The van der Waals surface area contributed by atoms with Crippen LogP contribution in [0, 0.1) is 0 Å². The second kappa shape index (κ2) is 8.83. The number of likely N-dealkylation sites (tertiary alicyclic amines) is 1. The van der Waals surface area contributed by atoms with Crippen LogP contribution in [0.25, 0.3) is 22.0 Å². The second-order valence-corrected chi connectivity index (χ2v) is 8.56. The van der Waals surface area contributed by atoms with E-state index < -0.39 is 18.0 Å². The maximum atomic E-state index is 12.5. The number of para-hydroxylation sites is 2. The van der Waals surface area contributed by atoms with E-state index in [-0.39, 0.29) is 12.5 Å². The highest BCUT2D eigenvalue weighted by Gasteiger charge is 2.35. The summed E-state index contributed by atoms with van der Waals surface area (Å²) in [5.41, 5.74) is 2.79. The van der Waals surface area contributed by atoms with E-state index in [4.69, 9.17) is 9.15 Å². The molecule has 1 unspecified atom stereocenters. The molecule has 34 heavy (non-hydrogen) atoms. The van der Waals surface area contributed by atoms with Gasteiger partial charge in [-0.2, -0.15) is 0 Å². The number of aliphatic carboxylic acids is 2. The summed E-state index contributed by atoms with van der Waals surface area (Å²) in [4.78, 5) is 30.4. The van der Waals surface area contributed by atoms with Gasteiger partial charge in [0.2, 0.25) is 0 Å². The first-order valence-corrected chi connectivity index (χ1v) is 11.2. The molecule has 0 aliphatic carbocycles. The molecule has 2 aromatic carbocycles. The van der Waals surface area contributed by atoms with Crippen LogP contribution in [0.2, 0.25) is 0 Å². The predicted molar refractivity (Wildman–Crippen MR) is 124 cm³/mol. The quantitative estimate of drug-likeness (QED) is 0.424. The number of rotatable bonds is 7. The van der Waals surface area contributed by atoms with E-state index in [1.807, 2.05) is 29.2 Å². The maximum Gasteiger partial charge on any atom is 0.325 e. The molecule has 1 aliphatic rings. The van der Waals surface area contributed by atoms with Crippen LogP contribution in [0.4, 0.5) is 0 Å². The highest BCUT2D eigenvalue weighted by Crippen LogP contribution is 2.37. The van der Waals surface area contributed by atoms with Crippen LogP contribution < -0.4 is 4.74 Å². The average Bonchev–Trinajstić information content (AvgIpc) is 3.41. The van der Waals surface area contributed by atoms with Crippen LogP contribution in [-0.2, 0) is 16.1 Å². The van der Waals surface area contributed by atoms with Gasteiger partial charge in [-0.1, -0.05) is 12.1 Å². The van der Waals surface area contributed by atoms with E-state index in [9.17, 15) is 19.8 Å². The minimum absolute atomic E-state index is 0.117. The Kier molecular flexibility index (Phi) is 5.70. The zero-order valence-corrected chi connectivity index (χ0v) is 18.7. The van der Waals surface area contributed by atoms with E-state index in [0.717, 1.165) is 11.1 Å². The Morgan fingerprint density at radius 3 is 2.62 bits per heavy atom. The fourth-order valence-corrected chi connectivity index (χ4v) is 4.88. The number of ether oxygens (including phenoxy) is 1. The first-order chi connectivity index (χ1) is 16.4. The minimum atomic E-state index is -0.995. The van der Waals surface area contributed by atoms with E-state index in [0.29, 0.717) is 54.0 Å². The first-order valence-electron chi connectivity index (χ1n) is 11.2. The first kappa shape index (κ1) is 22.0. The SMILES string of the molecule is COc1ccc2c(c1)c(C(C(=O)O)N1CCC(c3nc4ccccc4o3)CC1)cn2CC(=O)O. The number of carbonyl (C=O) groups is 2. The molecule has 0 spiro atoms. The van der Waals surface area contributed by atoms with E-state index in [2.05, 4.69) is 4.98 Å². The maximum absolute atomic E-state index is 12.5. The molecule has 2 N–H and O–H groups in total. The molecular weight excluding hydrogens is 438 g/mol. The summed E-state index contributed by atoms with van der Waals surface area (Å²) in [7, 11) is 1.54. The molecule has 0 bridgehead atoms. The van der Waals surface area contributed by atoms with Gasteiger partial charge in [-0.15, -0.1) is 0 Å². The van der Waals surface area contributed by atoms with Crippen molar-refractivity contribution in [2.45, 2.75) is 31.3 Å². The Labute approximate surface area is 195 Å². The predicted octanol–water partition coefficient (Wildman–Crippen LogP) is 3.88. The zero-order valence-electron chi connectivity index (χ0n) is 18.7. The van der Waals surface area contributed by atoms with Crippen LogP contribution in [0.3, 0.4) is 0 Å². The lowest BCUT2D eigenvalue weighted by atomic mass is 9.94. The van der Waals surface area contributed by atoms with Crippen molar-refractivity contribution in [1.82, 2.24) is 14.5 Å². The van der Waals surface area contributed by atoms with Gasteiger partial charge < -0.3 is 23.9 Å². The molecule has 9 nitrogen and oxygen atoms in total. The Morgan fingerprint density at radius 2 is 1.94 bits per heavy atom. The fourth-order valence-electron chi connectivity index (χ4n) is 4.88. The normalized spacial score (nSPS) is 16.1. The molecule has 5 rings (SSSR count). The number of piperidine rings is 1. The molecule has 4 aromatic rings. The van der Waals surface area contributed by atoms with Gasteiger partial charge in [0, 0.05) is 41.7 Å². The van der Waals surface area contributed by atoms with Gasteiger partial charge in [0.1, 0.15) is 23.9 Å². The molecule has 2 aromatic heterocycles. The molecule has 0 saturated carbocycles. The Bertz CT molecular complexity index is 1330. The van der Waals surface area contributed by atoms with Gasteiger partial charge in [0.25, 0.3) is 0 Å². The lowest BCUT2D eigenvalue weighted by Crippen LogP contribution is -2.39. The molecule has 0 amide bonds. The van der Waals surface area contributed by atoms with E-state index in [1.165, 1.54) is 0 Å².